The predicted molar refractivity (Wildman–Crippen MR) is 289 cm³/mol. The Balaban J connectivity index is 0.934. The maximum atomic E-state index is 12.0. The maximum Gasteiger partial charge on any atom is 0.187 e. The molecule has 21 fully saturated rings. The maximum absolute atomic E-state index is 12.0. The van der Waals surface area contributed by atoms with Crippen LogP contribution in [0.15, 0.2) is 12.4 Å². The van der Waals surface area contributed by atoms with Crippen LogP contribution in [-0.2, 0) is 103 Å². The summed E-state index contributed by atoms with van der Waals surface area (Å²) < 4.78 is 97.1. The van der Waals surface area contributed by atoms with E-state index in [1.165, 1.54) is 22.5 Å². The number of hydrogen-bond donors (Lipinski definition) is 19. The lowest BCUT2D eigenvalue weighted by Crippen LogP contribution is -2.68. The largest absolute Gasteiger partial charge is 0.394 e. The second-order valence-electron chi connectivity index (χ2n) is 24.5. The predicted octanol–water partition coefficient (Wildman–Crippen LogP) is -12.9. The van der Waals surface area contributed by atoms with Crippen molar-refractivity contribution in [1.29, 1.82) is 0 Å². The minimum Gasteiger partial charge on any atom is -0.394 e. The van der Waals surface area contributed by atoms with Gasteiger partial charge in [-0.3, -0.25) is 4.68 Å². The van der Waals surface area contributed by atoms with Crippen molar-refractivity contribution < 1.29 is 173 Å². The third kappa shape index (κ3) is 15.4. The Hall–Kier alpha value is -3.12. The van der Waals surface area contributed by atoms with E-state index in [1.807, 2.05) is 0 Å². The lowest BCUT2D eigenvalue weighted by atomic mass is 9.94. The molecule has 0 amide bonds. The van der Waals surface area contributed by atoms with Gasteiger partial charge in [0, 0.05) is 7.05 Å². The van der Waals surface area contributed by atoms with E-state index in [0.717, 1.165) is 0 Å². The zero-order chi connectivity index (χ0) is 67.9. The average Bonchev–Trinajstić information content (AvgIpc) is 0.901. The van der Waals surface area contributed by atoms with Crippen molar-refractivity contribution in [1.82, 2.24) is 30.0 Å². The number of hydrogen-bond acceptors (Lipinski definition) is 39. The topological polar surface area (TPSA) is 593 Å². The van der Waals surface area contributed by atoms with Crippen LogP contribution in [0.1, 0.15) is 38.6 Å². The molecule has 538 valence electrons. The number of ether oxygens (including phenoxy) is 16. The van der Waals surface area contributed by atoms with Gasteiger partial charge >= 0.3 is 0 Å². The van der Waals surface area contributed by atoms with Gasteiger partial charge in [-0.05, 0) is 20.3 Å². The molecule has 0 saturated carbocycles. The lowest BCUT2D eigenvalue weighted by Gasteiger charge is -2.50. The van der Waals surface area contributed by atoms with E-state index in [-0.39, 0.29) is 25.3 Å². The Morgan fingerprint density at radius 3 is 0.862 bits per heavy atom. The highest BCUT2D eigenvalue weighted by molar-refractivity contribution is 5.03. The second-order valence-corrected chi connectivity index (χ2v) is 24.5. The van der Waals surface area contributed by atoms with Crippen LogP contribution in [0.5, 0.6) is 0 Å². The van der Waals surface area contributed by atoms with Crippen molar-refractivity contribution in [3.63, 3.8) is 0 Å². The molecule has 41 heteroatoms. The molecular weight excluding hydrogens is 1280 g/mol. The van der Waals surface area contributed by atoms with Gasteiger partial charge < -0.3 is 173 Å². The van der Waals surface area contributed by atoms with E-state index in [1.54, 1.807) is 27.1 Å². The normalized spacial score (nSPS) is 47.7. The van der Waals surface area contributed by atoms with Crippen LogP contribution in [0.25, 0.3) is 0 Å². The molecule has 19 N–H and O–H groups in total. The summed E-state index contributed by atoms with van der Waals surface area (Å²) >= 11 is 0. The molecule has 94 heavy (non-hydrogen) atoms. The average molecular weight is 1370 g/mol. The van der Waals surface area contributed by atoms with E-state index >= 15 is 0 Å². The Labute approximate surface area is 533 Å². The van der Waals surface area contributed by atoms with Crippen LogP contribution in [0.4, 0.5) is 0 Å². The minimum absolute atomic E-state index is 0.0304. The fourth-order valence-electron chi connectivity index (χ4n) is 12.3. The van der Waals surface area contributed by atoms with Crippen LogP contribution < -0.4 is 0 Å². The smallest absolute Gasteiger partial charge is 0.187 e. The van der Waals surface area contributed by atoms with Gasteiger partial charge in [0.15, 0.2) is 49.8 Å². The third-order valence-corrected chi connectivity index (χ3v) is 17.6. The highest BCUT2D eigenvalue weighted by Gasteiger charge is 2.60. The first-order chi connectivity index (χ1) is 44.7. The van der Waals surface area contributed by atoms with Gasteiger partial charge in [-0.2, -0.15) is 0 Å². The molecule has 21 saturated heterocycles. The van der Waals surface area contributed by atoms with Crippen LogP contribution >= 0.6 is 0 Å². The second kappa shape index (κ2) is 31.2. The number of aromatic nitrogens is 6. The van der Waals surface area contributed by atoms with Crippen molar-refractivity contribution in [3.05, 3.63) is 23.8 Å². The van der Waals surface area contributed by atoms with Gasteiger partial charge in [0.1, 0.15) is 176 Å². The van der Waals surface area contributed by atoms with Crippen LogP contribution in [0, 0.1) is 0 Å². The molecule has 14 bridgehead atoms. The first-order valence-corrected chi connectivity index (χ1v) is 30.5. The number of rotatable bonds is 14. The standard InChI is InChI=1S/C53H86N6O35/c1-5-18-39-25(65)32(72)46(81-18)90-41-20(9-60)85-50(36(76)29(41)69)93-44-23(12-63)84-49(35(75)28(44)68)89-40-19(8-59-7-17(55-57-59)15-80-53(2,3)79-14-16-6-58(4)56-54-16)82-47(33(73)26(40)66)91-42-21(10-61)86-51(37(77)30(42)70)94-45-24(13-64)87-52(38(78)31(45)71)92-43-22(11-62)83-48(88-39)34(74)27(43)67/h6-7,18-52,60-78H,5,8-15H2,1-4H3. The minimum atomic E-state index is -2.24. The Bertz CT molecular complexity index is 2660. The van der Waals surface area contributed by atoms with Gasteiger partial charge in [-0.25, -0.2) is 4.68 Å². The van der Waals surface area contributed by atoms with Gasteiger partial charge in [0.2, 0.25) is 0 Å². The third-order valence-electron chi connectivity index (χ3n) is 17.6. The molecule has 0 aromatic carbocycles. The molecule has 23 heterocycles. The number of nitrogens with zero attached hydrogens (tertiary/aromatic N) is 6. The SMILES string of the molecule is CCC1OC2OC3C(CO)OC(OC4C(CO)OC(OC5C(Cn6cc(COC(C)(C)OCc7cn(C)nn7)nn6)OC(OC6C(CO)OC(OC7C(CO)OC(OC8C(CO)OC(OC1C(O)C2O)C(O)C8O)C(O)C7O)C(O)C6O)C(O)C5O)C(O)C4O)C(O)C3O. The van der Waals surface area contributed by atoms with Gasteiger partial charge in [0.05, 0.1) is 71.3 Å². The lowest BCUT2D eigenvalue weighted by molar-refractivity contribution is -0.396. The Morgan fingerprint density at radius 2 is 0.596 bits per heavy atom. The van der Waals surface area contributed by atoms with Gasteiger partial charge in [-0.1, -0.05) is 17.4 Å². The molecule has 0 aliphatic carbocycles. The number of aliphatic hydroxyl groups is 19. The van der Waals surface area contributed by atoms with Gasteiger partial charge in [-0.15, -0.1) is 10.2 Å². The van der Waals surface area contributed by atoms with Crippen molar-refractivity contribution >= 4 is 0 Å². The molecule has 21 aliphatic rings. The van der Waals surface area contributed by atoms with E-state index in [0.29, 0.717) is 5.69 Å². The summed E-state index contributed by atoms with van der Waals surface area (Å²) in [5.74, 6) is -1.22. The monoisotopic (exact) mass is 1370 g/mol. The number of aryl methyl sites for hydroxylation is 1. The van der Waals surface area contributed by atoms with Crippen molar-refractivity contribution in [2.75, 3.05) is 33.0 Å². The summed E-state index contributed by atoms with van der Waals surface area (Å²) in [5, 5.41) is 231. The Kier molecular flexibility index (Phi) is 24.4. The first kappa shape index (κ1) is 73.6. The van der Waals surface area contributed by atoms with E-state index in [2.05, 4.69) is 20.6 Å². The molecule has 2 aromatic heterocycles. The van der Waals surface area contributed by atoms with E-state index in [4.69, 9.17) is 75.8 Å². The molecule has 35 unspecified atom stereocenters. The molecule has 35 atom stereocenters. The summed E-state index contributed by atoms with van der Waals surface area (Å²) in [7, 11) is 1.68. The summed E-state index contributed by atoms with van der Waals surface area (Å²) in [4.78, 5) is 0. The quantitative estimate of drug-likeness (QED) is 0.0781. The highest BCUT2D eigenvalue weighted by atomic mass is 16.8. The zero-order valence-corrected chi connectivity index (χ0v) is 50.9. The fourth-order valence-corrected chi connectivity index (χ4v) is 12.3. The van der Waals surface area contributed by atoms with Crippen LogP contribution in [0.2, 0.25) is 0 Å². The number of aliphatic hydroxyl groups excluding tert-OH is 19. The summed E-state index contributed by atoms with van der Waals surface area (Å²) in [6, 6.07) is 0. The van der Waals surface area contributed by atoms with E-state index < -0.39 is 260 Å². The molecule has 0 radical (unpaired) electrons. The fraction of sp³-hybridized carbons (Fsp3) is 0.925. The molecule has 21 aliphatic heterocycles. The molecule has 0 spiro atoms. The highest BCUT2D eigenvalue weighted by Crippen LogP contribution is 2.40. The van der Waals surface area contributed by atoms with E-state index in [9.17, 15) is 97.0 Å². The van der Waals surface area contributed by atoms with Gasteiger partial charge in [0.25, 0.3) is 0 Å². The summed E-state index contributed by atoms with van der Waals surface area (Å²) in [5.41, 5.74) is 0.720. The first-order valence-electron chi connectivity index (χ1n) is 30.5. The molecule has 23 rings (SSSR count). The van der Waals surface area contributed by atoms with Crippen LogP contribution in [0.3, 0.4) is 0 Å². The summed E-state index contributed by atoms with van der Waals surface area (Å²) in [6.45, 7) is -1.05. The Morgan fingerprint density at radius 1 is 0.351 bits per heavy atom. The van der Waals surface area contributed by atoms with Crippen LogP contribution in [-0.4, -0.2) is 381 Å². The summed E-state index contributed by atoms with van der Waals surface area (Å²) in [6.07, 6.45) is -66.0. The zero-order valence-electron chi connectivity index (χ0n) is 50.9. The van der Waals surface area contributed by atoms with Crippen molar-refractivity contribution in [3.8, 4) is 0 Å². The van der Waals surface area contributed by atoms with Crippen molar-refractivity contribution in [2.24, 2.45) is 7.05 Å². The molecule has 41 nitrogen and oxygen atoms in total. The molecular formula is C53H86N6O35. The molecule has 2 aromatic rings. The van der Waals surface area contributed by atoms with Crippen molar-refractivity contribution in [2.45, 2.75) is 268 Å².